The first kappa shape index (κ1) is 12.6. The Labute approximate surface area is 103 Å². The van der Waals surface area contributed by atoms with Crippen LogP contribution in [0.25, 0.3) is 0 Å². The Morgan fingerprint density at radius 2 is 1.82 bits per heavy atom. The molecule has 0 aromatic heterocycles. The molecule has 4 heteroatoms. The number of piperidine rings is 1. The van der Waals surface area contributed by atoms with Crippen molar-refractivity contribution in [2.24, 2.45) is 11.3 Å². The van der Waals surface area contributed by atoms with Crippen LogP contribution in [0.4, 0.5) is 0 Å². The van der Waals surface area contributed by atoms with Crippen molar-refractivity contribution in [2.45, 2.75) is 33.1 Å². The average molecular weight is 238 g/mol. The van der Waals surface area contributed by atoms with Gasteiger partial charge in [-0.2, -0.15) is 0 Å². The molecule has 4 nitrogen and oxygen atoms in total. The normalized spacial score (nSPS) is 25.3. The van der Waals surface area contributed by atoms with Crippen molar-refractivity contribution in [1.82, 2.24) is 9.80 Å². The molecule has 2 saturated heterocycles. The Kier molecular flexibility index (Phi) is 3.25. The zero-order valence-corrected chi connectivity index (χ0v) is 11.0. The van der Waals surface area contributed by atoms with Gasteiger partial charge in [-0.15, -0.1) is 0 Å². The SMILES string of the molecule is CC(C)CN1C(=O)CC2(CCN(C)CC2)C1=O. The molecule has 0 atom stereocenters. The van der Waals surface area contributed by atoms with Crippen molar-refractivity contribution in [3.63, 3.8) is 0 Å². The van der Waals surface area contributed by atoms with Crippen molar-refractivity contribution in [2.75, 3.05) is 26.7 Å². The fourth-order valence-electron chi connectivity index (χ4n) is 2.85. The Morgan fingerprint density at radius 1 is 1.24 bits per heavy atom. The molecule has 0 aliphatic carbocycles. The second-order valence-electron chi connectivity index (χ2n) is 5.96. The van der Waals surface area contributed by atoms with Crippen molar-refractivity contribution in [3.8, 4) is 0 Å². The van der Waals surface area contributed by atoms with Crippen LogP contribution in [0, 0.1) is 11.3 Å². The van der Waals surface area contributed by atoms with E-state index >= 15 is 0 Å². The summed E-state index contributed by atoms with van der Waals surface area (Å²) in [5.41, 5.74) is -0.363. The summed E-state index contributed by atoms with van der Waals surface area (Å²) in [7, 11) is 2.07. The van der Waals surface area contributed by atoms with Gasteiger partial charge in [-0.25, -0.2) is 0 Å². The highest BCUT2D eigenvalue weighted by atomic mass is 16.2. The van der Waals surface area contributed by atoms with Crippen molar-refractivity contribution in [3.05, 3.63) is 0 Å². The lowest BCUT2D eigenvalue weighted by molar-refractivity contribution is -0.143. The number of carbonyl (C=O) groups excluding carboxylic acids is 2. The topological polar surface area (TPSA) is 40.6 Å². The van der Waals surface area contributed by atoms with Gasteiger partial charge in [0.2, 0.25) is 11.8 Å². The highest BCUT2D eigenvalue weighted by Crippen LogP contribution is 2.42. The fraction of sp³-hybridized carbons (Fsp3) is 0.846. The van der Waals surface area contributed by atoms with E-state index in [1.807, 2.05) is 13.8 Å². The van der Waals surface area contributed by atoms with Crippen LogP contribution in [0.15, 0.2) is 0 Å². The van der Waals surface area contributed by atoms with Gasteiger partial charge in [0.1, 0.15) is 0 Å². The summed E-state index contributed by atoms with van der Waals surface area (Å²) in [6, 6.07) is 0. The molecule has 0 aromatic rings. The minimum Gasteiger partial charge on any atom is -0.306 e. The summed E-state index contributed by atoms with van der Waals surface area (Å²) in [5, 5.41) is 0. The molecule has 0 bridgehead atoms. The molecule has 17 heavy (non-hydrogen) atoms. The fourth-order valence-corrected chi connectivity index (χ4v) is 2.85. The van der Waals surface area contributed by atoms with Crippen LogP contribution in [0.2, 0.25) is 0 Å². The maximum absolute atomic E-state index is 12.4. The van der Waals surface area contributed by atoms with Gasteiger partial charge in [0, 0.05) is 13.0 Å². The number of rotatable bonds is 2. The van der Waals surface area contributed by atoms with Gasteiger partial charge in [-0.05, 0) is 38.9 Å². The predicted molar refractivity (Wildman–Crippen MR) is 65.3 cm³/mol. The van der Waals surface area contributed by atoms with Crippen LogP contribution in [0.3, 0.4) is 0 Å². The monoisotopic (exact) mass is 238 g/mol. The first-order chi connectivity index (χ1) is 7.94. The predicted octanol–water partition coefficient (Wildman–Crippen LogP) is 1.11. The van der Waals surface area contributed by atoms with Gasteiger partial charge < -0.3 is 4.90 Å². The van der Waals surface area contributed by atoms with E-state index in [9.17, 15) is 9.59 Å². The van der Waals surface area contributed by atoms with Crippen molar-refractivity contribution in [1.29, 1.82) is 0 Å². The zero-order chi connectivity index (χ0) is 12.6. The maximum Gasteiger partial charge on any atom is 0.236 e. The molecule has 2 amide bonds. The summed E-state index contributed by atoms with van der Waals surface area (Å²) in [6.45, 7) is 6.51. The number of hydrogen-bond donors (Lipinski definition) is 0. The molecule has 0 radical (unpaired) electrons. The first-order valence-corrected chi connectivity index (χ1v) is 6.48. The van der Waals surface area contributed by atoms with Crippen LogP contribution >= 0.6 is 0 Å². The van der Waals surface area contributed by atoms with Crippen LogP contribution in [0.5, 0.6) is 0 Å². The summed E-state index contributed by atoms with van der Waals surface area (Å²) >= 11 is 0. The quantitative estimate of drug-likeness (QED) is 0.677. The van der Waals surface area contributed by atoms with Gasteiger partial charge in [0.05, 0.1) is 5.41 Å². The average Bonchev–Trinajstić information content (AvgIpc) is 2.48. The van der Waals surface area contributed by atoms with E-state index in [-0.39, 0.29) is 17.2 Å². The third-order valence-corrected chi connectivity index (χ3v) is 3.98. The van der Waals surface area contributed by atoms with E-state index in [4.69, 9.17) is 0 Å². The van der Waals surface area contributed by atoms with Crippen LogP contribution in [-0.2, 0) is 9.59 Å². The smallest absolute Gasteiger partial charge is 0.236 e. The van der Waals surface area contributed by atoms with E-state index in [1.54, 1.807) is 0 Å². The second kappa shape index (κ2) is 4.41. The number of imide groups is 1. The van der Waals surface area contributed by atoms with Crippen LogP contribution < -0.4 is 0 Å². The summed E-state index contributed by atoms with van der Waals surface area (Å²) < 4.78 is 0. The molecule has 0 aromatic carbocycles. The number of nitrogens with zero attached hydrogens (tertiary/aromatic N) is 2. The molecule has 2 rings (SSSR count). The second-order valence-corrected chi connectivity index (χ2v) is 5.96. The lowest BCUT2D eigenvalue weighted by Gasteiger charge is -2.35. The zero-order valence-electron chi connectivity index (χ0n) is 11.0. The molecule has 2 heterocycles. The third-order valence-electron chi connectivity index (χ3n) is 3.98. The van der Waals surface area contributed by atoms with Crippen molar-refractivity contribution >= 4 is 11.8 Å². The van der Waals surface area contributed by atoms with E-state index in [2.05, 4.69) is 11.9 Å². The van der Waals surface area contributed by atoms with Gasteiger partial charge in [-0.1, -0.05) is 13.8 Å². The summed E-state index contributed by atoms with van der Waals surface area (Å²) in [4.78, 5) is 28.1. The van der Waals surface area contributed by atoms with Gasteiger partial charge in [0.15, 0.2) is 0 Å². The maximum atomic E-state index is 12.4. The lowest BCUT2D eigenvalue weighted by atomic mass is 9.77. The molecule has 2 fully saturated rings. The molecule has 2 aliphatic heterocycles. The Bertz CT molecular complexity index is 330. The van der Waals surface area contributed by atoms with Gasteiger partial charge in [0.25, 0.3) is 0 Å². The Morgan fingerprint density at radius 3 is 2.35 bits per heavy atom. The van der Waals surface area contributed by atoms with Gasteiger partial charge in [-0.3, -0.25) is 14.5 Å². The lowest BCUT2D eigenvalue weighted by Crippen LogP contribution is -2.44. The highest BCUT2D eigenvalue weighted by Gasteiger charge is 2.51. The minimum atomic E-state index is -0.363. The van der Waals surface area contributed by atoms with Gasteiger partial charge >= 0.3 is 0 Å². The van der Waals surface area contributed by atoms with E-state index in [0.29, 0.717) is 18.9 Å². The summed E-state index contributed by atoms with van der Waals surface area (Å²) in [6.07, 6.45) is 2.11. The molecule has 1 spiro atoms. The molecule has 2 aliphatic rings. The molecular formula is C13H22N2O2. The van der Waals surface area contributed by atoms with E-state index in [0.717, 1.165) is 25.9 Å². The highest BCUT2D eigenvalue weighted by molar-refractivity contribution is 6.05. The Hall–Kier alpha value is -0.900. The molecule has 0 unspecified atom stereocenters. The van der Waals surface area contributed by atoms with Crippen LogP contribution in [0.1, 0.15) is 33.1 Å². The van der Waals surface area contributed by atoms with Crippen molar-refractivity contribution < 1.29 is 9.59 Å². The van der Waals surface area contributed by atoms with E-state index in [1.165, 1.54) is 4.90 Å². The number of likely N-dealkylation sites (tertiary alicyclic amines) is 2. The standard InChI is InChI=1S/C13H22N2O2/c1-10(2)9-15-11(16)8-13(12(15)17)4-6-14(3)7-5-13/h10H,4-9H2,1-3H3. The number of amides is 2. The number of hydrogen-bond acceptors (Lipinski definition) is 3. The molecule has 0 saturated carbocycles. The number of carbonyl (C=O) groups is 2. The third kappa shape index (κ3) is 2.23. The molecular weight excluding hydrogens is 216 g/mol. The van der Waals surface area contributed by atoms with E-state index < -0.39 is 0 Å². The van der Waals surface area contributed by atoms with Crippen LogP contribution in [-0.4, -0.2) is 48.3 Å². The Balaban J connectivity index is 2.12. The largest absolute Gasteiger partial charge is 0.306 e. The molecule has 96 valence electrons. The summed E-state index contributed by atoms with van der Waals surface area (Å²) in [5.74, 6) is 0.474. The first-order valence-electron chi connectivity index (χ1n) is 6.48. The molecule has 0 N–H and O–H groups in total. The minimum absolute atomic E-state index is 0.0354.